The molecule has 0 rings (SSSR count). The molecule has 0 bridgehead atoms. The quantitative estimate of drug-likeness (QED) is 0.0146. The summed E-state index contributed by atoms with van der Waals surface area (Å²) < 4.78 is 61.4. The minimum Gasteiger partial charge on any atom is -0.463 e. The van der Waals surface area contributed by atoms with Gasteiger partial charge in [-0.25, -0.2) is 9.13 Å². The number of hydrogen-bond donors (Lipinski definition) is 4. The summed E-state index contributed by atoms with van der Waals surface area (Å²) in [4.78, 5) is 59.0. The van der Waals surface area contributed by atoms with E-state index in [1.807, 2.05) is 0 Å². The lowest BCUT2D eigenvalue weighted by Crippen LogP contribution is -2.30. The van der Waals surface area contributed by atoms with Crippen molar-refractivity contribution in [2.45, 2.75) is 399 Å². The zero-order valence-corrected chi connectivity index (χ0v) is 74.5. The van der Waals surface area contributed by atoms with Gasteiger partial charge in [-0.2, -0.15) is 0 Å². The van der Waals surface area contributed by atoms with Crippen LogP contribution in [0.5, 0.6) is 0 Å². The molecule has 5 atom stereocenters. The number of ether oxygens (including phenoxy) is 3. The van der Waals surface area contributed by atoms with Crippen molar-refractivity contribution in [1.82, 2.24) is 0 Å². The number of aliphatic hydroxyl groups is 2. The molecule has 0 aliphatic heterocycles. The minimum absolute atomic E-state index is 0.0852. The van der Waals surface area contributed by atoms with Gasteiger partial charge in [-0.05, 0) is 154 Å². The van der Waals surface area contributed by atoms with E-state index in [-0.39, 0.29) is 19.3 Å². The van der Waals surface area contributed by atoms with E-state index in [9.17, 15) is 43.5 Å². The van der Waals surface area contributed by atoms with Crippen LogP contribution in [0.1, 0.15) is 380 Å². The first-order chi connectivity index (χ1) is 56.2. The van der Waals surface area contributed by atoms with Crippen LogP contribution in [0.4, 0.5) is 0 Å². The third-order valence-electron chi connectivity index (χ3n) is 19.2. The average molecular weight is 1650 g/mol. The maximum absolute atomic E-state index is 13.1. The van der Waals surface area contributed by atoms with Gasteiger partial charge in [-0.1, -0.05) is 365 Å². The molecule has 5 unspecified atom stereocenters. The van der Waals surface area contributed by atoms with Crippen molar-refractivity contribution in [2.75, 3.05) is 39.6 Å². The molecule has 0 amide bonds. The molecule has 0 aliphatic rings. The van der Waals surface area contributed by atoms with E-state index >= 15 is 0 Å². The molecule has 0 saturated heterocycles. The van der Waals surface area contributed by atoms with Crippen molar-refractivity contribution in [3.8, 4) is 0 Å². The van der Waals surface area contributed by atoms with Crippen molar-refractivity contribution in [2.24, 2.45) is 0 Å². The molecule has 660 valence electrons. The van der Waals surface area contributed by atoms with Crippen LogP contribution < -0.4 is 0 Å². The zero-order valence-electron chi connectivity index (χ0n) is 72.7. The van der Waals surface area contributed by atoms with Gasteiger partial charge in [0.1, 0.15) is 25.4 Å². The highest BCUT2D eigenvalue weighted by Crippen LogP contribution is 2.45. The van der Waals surface area contributed by atoms with Crippen LogP contribution in [0, 0.1) is 0 Å². The van der Waals surface area contributed by atoms with Crippen LogP contribution in [-0.2, 0) is 55.8 Å². The lowest BCUT2D eigenvalue weighted by molar-refractivity contribution is -0.161. The standard InChI is InChI=1S/C97H166O16P2/c1-4-7-10-13-16-19-22-25-28-31-34-37-40-41-42-43-44-45-46-47-48-49-52-54-56-59-62-65-68-71-74-77-80-83-95(100)107-86-92(98)87-109-114(103,104)110-88-93(99)89-111-115(105,106)112-91-94(113-97(102)85-82-79-76-73-70-67-64-61-58-55-51-39-36-33-30-27-24-21-18-15-12-9-6-3)90-108-96(101)84-81-78-75-72-69-66-63-60-57-53-50-38-35-32-29-26-23-20-17-14-11-8-5-2/h8,11,16-21,25-30,34-39,41-42,53,55,57-58,92-94,98-99H,4-7,9-10,12-15,22-24,31-33,40,43-52,54,56,59-91H2,1-3H3,(H,103,104)(H,105,106)/b11-8-,19-16-,20-17-,21-18-,28-25-,29-26-,30-27-,37-34-,38-35-,39-36-,42-41-,57-53-,58-55-. The fourth-order valence-electron chi connectivity index (χ4n) is 12.3. The number of hydrogen-bond acceptors (Lipinski definition) is 14. The molecule has 0 saturated carbocycles. The second kappa shape index (κ2) is 88.5. The maximum atomic E-state index is 13.1. The van der Waals surface area contributed by atoms with E-state index < -0.39 is 91.5 Å². The third-order valence-corrected chi connectivity index (χ3v) is 21.1. The second-order valence-corrected chi connectivity index (χ2v) is 33.3. The van der Waals surface area contributed by atoms with Crippen LogP contribution in [0.15, 0.2) is 158 Å². The molecule has 18 heteroatoms. The summed E-state index contributed by atoms with van der Waals surface area (Å²) in [5.74, 6) is -1.59. The Morgan fingerprint density at radius 3 is 0.730 bits per heavy atom. The van der Waals surface area contributed by atoms with Gasteiger partial charge in [-0.3, -0.25) is 32.5 Å². The highest BCUT2D eigenvalue weighted by Gasteiger charge is 2.29. The van der Waals surface area contributed by atoms with E-state index in [4.69, 9.17) is 32.3 Å². The SMILES string of the molecule is CC/C=C\C/C=C\C/C=C\C/C=C\C/C=C\CCCCCCCCCC(=O)OCC(COP(=O)(O)OCC(O)COP(=O)(O)OCC(O)COC(=O)CCCCCCCCCCCCCCCCCCC/C=C\C/C=C\C/C=C\C/C=C\CCCCC)OC(=O)CCCCCCCCC/C=C\C/C=C\C/C=C\C/C=C\CCCCC. The predicted molar refractivity (Wildman–Crippen MR) is 482 cm³/mol. The molecular formula is C97H166O16P2. The Balaban J connectivity index is 4.58. The Labute approximate surface area is 701 Å². The summed E-state index contributed by atoms with van der Waals surface area (Å²) in [6.45, 7) is 2.53. The van der Waals surface area contributed by atoms with Crippen LogP contribution in [-0.4, -0.2) is 95.9 Å². The van der Waals surface area contributed by atoms with Crippen molar-refractivity contribution in [3.63, 3.8) is 0 Å². The van der Waals surface area contributed by atoms with Gasteiger partial charge in [0.05, 0.1) is 26.4 Å². The topological polar surface area (TPSA) is 231 Å². The van der Waals surface area contributed by atoms with Crippen LogP contribution in [0.2, 0.25) is 0 Å². The Kier molecular flexibility index (Phi) is 84.7. The Bertz CT molecular complexity index is 2720. The number of carbonyl (C=O) groups excluding carboxylic acids is 3. The molecule has 0 radical (unpaired) electrons. The molecule has 16 nitrogen and oxygen atoms in total. The highest BCUT2D eigenvalue weighted by atomic mass is 31.2. The van der Waals surface area contributed by atoms with E-state index in [0.29, 0.717) is 19.3 Å². The molecule has 115 heavy (non-hydrogen) atoms. The predicted octanol–water partition coefficient (Wildman–Crippen LogP) is 28.1. The molecule has 0 aromatic heterocycles. The normalized spacial score (nSPS) is 14.5. The molecule has 0 aromatic rings. The summed E-state index contributed by atoms with van der Waals surface area (Å²) in [5.41, 5.74) is 0. The van der Waals surface area contributed by atoms with Gasteiger partial charge in [-0.15, -0.1) is 0 Å². The number of unbranched alkanes of at least 4 members (excludes halogenated alkanes) is 37. The van der Waals surface area contributed by atoms with Crippen LogP contribution >= 0.6 is 15.6 Å². The maximum Gasteiger partial charge on any atom is 0.472 e. The summed E-state index contributed by atoms with van der Waals surface area (Å²) in [7, 11) is -9.82. The fourth-order valence-corrected chi connectivity index (χ4v) is 13.9. The highest BCUT2D eigenvalue weighted by molar-refractivity contribution is 7.47. The van der Waals surface area contributed by atoms with Gasteiger partial charge in [0.15, 0.2) is 6.10 Å². The number of phosphoric ester groups is 2. The van der Waals surface area contributed by atoms with E-state index in [0.717, 1.165) is 180 Å². The van der Waals surface area contributed by atoms with Crippen molar-refractivity contribution in [3.05, 3.63) is 158 Å². The molecule has 0 fully saturated rings. The van der Waals surface area contributed by atoms with Gasteiger partial charge < -0.3 is 34.2 Å². The van der Waals surface area contributed by atoms with E-state index in [1.165, 1.54) is 141 Å². The first-order valence-electron chi connectivity index (χ1n) is 45.8. The number of allylic oxidation sites excluding steroid dienone is 26. The van der Waals surface area contributed by atoms with Crippen LogP contribution in [0.3, 0.4) is 0 Å². The Morgan fingerprint density at radius 2 is 0.461 bits per heavy atom. The molecular weight excluding hydrogens is 1480 g/mol. The van der Waals surface area contributed by atoms with E-state index in [1.54, 1.807) is 0 Å². The second-order valence-electron chi connectivity index (χ2n) is 30.4. The third kappa shape index (κ3) is 89.8. The van der Waals surface area contributed by atoms with Crippen LogP contribution in [0.25, 0.3) is 0 Å². The first-order valence-corrected chi connectivity index (χ1v) is 48.8. The summed E-state index contributed by atoms with van der Waals surface area (Å²) >= 11 is 0. The smallest absolute Gasteiger partial charge is 0.463 e. The average Bonchev–Trinajstić information content (AvgIpc) is 1.07. The summed E-state index contributed by atoms with van der Waals surface area (Å²) in [5, 5.41) is 20.7. The fraction of sp³-hybridized carbons (Fsp3) is 0.701. The summed E-state index contributed by atoms with van der Waals surface area (Å²) in [6.07, 6.45) is 113. The Morgan fingerprint density at radius 1 is 0.252 bits per heavy atom. The minimum atomic E-state index is -4.95. The zero-order chi connectivity index (χ0) is 83.6. The molecule has 0 spiro atoms. The molecule has 0 aromatic carbocycles. The molecule has 0 heterocycles. The molecule has 0 aliphatic carbocycles. The van der Waals surface area contributed by atoms with Gasteiger partial charge in [0.25, 0.3) is 0 Å². The number of aliphatic hydroxyl groups excluding tert-OH is 2. The van der Waals surface area contributed by atoms with E-state index in [2.05, 4.69) is 179 Å². The van der Waals surface area contributed by atoms with Gasteiger partial charge in [0, 0.05) is 19.3 Å². The Hall–Kier alpha value is -4.83. The lowest BCUT2D eigenvalue weighted by atomic mass is 10.0. The lowest BCUT2D eigenvalue weighted by Gasteiger charge is -2.21. The summed E-state index contributed by atoms with van der Waals surface area (Å²) in [6, 6.07) is 0. The van der Waals surface area contributed by atoms with Crippen molar-refractivity contribution < 1.29 is 75.8 Å². The monoisotopic (exact) mass is 1650 g/mol. The molecule has 4 N–H and O–H groups in total. The number of phosphoric acid groups is 2. The van der Waals surface area contributed by atoms with Gasteiger partial charge in [0.2, 0.25) is 0 Å². The van der Waals surface area contributed by atoms with Crippen molar-refractivity contribution in [1.29, 1.82) is 0 Å². The number of esters is 3. The van der Waals surface area contributed by atoms with Crippen molar-refractivity contribution >= 4 is 33.6 Å². The first kappa shape index (κ1) is 110. The number of carbonyl (C=O) groups is 3. The number of rotatable bonds is 86. The van der Waals surface area contributed by atoms with Gasteiger partial charge >= 0.3 is 33.6 Å². The largest absolute Gasteiger partial charge is 0.472 e.